The van der Waals surface area contributed by atoms with E-state index in [0.29, 0.717) is 18.8 Å². The Bertz CT molecular complexity index is 553. The summed E-state index contributed by atoms with van der Waals surface area (Å²) in [6.07, 6.45) is 2.26. The van der Waals surface area contributed by atoms with Crippen molar-refractivity contribution < 1.29 is 9.53 Å². The van der Waals surface area contributed by atoms with E-state index in [1.54, 1.807) is 0 Å². The zero-order valence-corrected chi connectivity index (χ0v) is 13.4. The molecule has 3 rings (SSSR count). The third kappa shape index (κ3) is 2.98. The minimum Gasteiger partial charge on any atom is -0.487 e. The van der Waals surface area contributed by atoms with Crippen molar-refractivity contribution in [1.82, 2.24) is 4.90 Å². The number of likely N-dealkylation sites (tertiary alicyclic amines) is 1. The Morgan fingerprint density at radius 2 is 2.05 bits per heavy atom. The summed E-state index contributed by atoms with van der Waals surface area (Å²) in [6, 6.07) is 5.66. The third-order valence-corrected chi connectivity index (χ3v) is 4.61. The van der Waals surface area contributed by atoms with E-state index < -0.39 is 0 Å². The van der Waals surface area contributed by atoms with Crippen LogP contribution in [0, 0.1) is 5.92 Å². The van der Waals surface area contributed by atoms with Gasteiger partial charge in [0.1, 0.15) is 17.5 Å². The summed E-state index contributed by atoms with van der Waals surface area (Å²) in [6.45, 7) is 7.09. The Labute approximate surface area is 132 Å². The van der Waals surface area contributed by atoms with Crippen molar-refractivity contribution in [3.8, 4) is 5.75 Å². The van der Waals surface area contributed by atoms with E-state index in [1.165, 1.54) is 0 Å². The number of hydrogen-bond donors (Lipinski definition) is 1. The molecule has 0 saturated carbocycles. The average molecular weight is 303 g/mol. The number of nitrogens with two attached hydrogens (primary N) is 1. The number of rotatable bonds is 2. The molecule has 1 aromatic rings. The number of carbonyl (C=O) groups excluding carboxylic acids is 1. The van der Waals surface area contributed by atoms with Crippen molar-refractivity contribution in [2.45, 2.75) is 32.8 Å². The minimum atomic E-state index is 0.0588. The molecule has 1 unspecified atom stereocenters. The molecule has 1 amide bonds. The van der Waals surface area contributed by atoms with E-state index >= 15 is 0 Å². The van der Waals surface area contributed by atoms with Gasteiger partial charge in [-0.3, -0.25) is 4.79 Å². The lowest BCUT2D eigenvalue weighted by Crippen LogP contribution is -2.47. The Morgan fingerprint density at radius 1 is 1.32 bits per heavy atom. The standard InChI is InChI=1S/C17H25N3O2/c1-12-6-8-19(9-7-12)16(21)11-20-10-13(2)22-15-5-3-4-14(18)17(15)20/h3-5,12-13H,6-11,18H2,1-2H3. The number of carbonyl (C=O) groups is 1. The predicted octanol–water partition coefficient (Wildman–Crippen LogP) is 2.11. The monoisotopic (exact) mass is 303 g/mol. The number of fused-ring (bicyclic) bond motifs is 1. The molecule has 1 saturated heterocycles. The van der Waals surface area contributed by atoms with Gasteiger partial charge in [0.05, 0.1) is 18.8 Å². The molecule has 2 heterocycles. The molecule has 1 atom stereocenters. The van der Waals surface area contributed by atoms with Crippen LogP contribution in [-0.2, 0) is 4.79 Å². The van der Waals surface area contributed by atoms with Gasteiger partial charge in [-0.15, -0.1) is 0 Å². The van der Waals surface area contributed by atoms with Gasteiger partial charge in [-0.25, -0.2) is 0 Å². The largest absolute Gasteiger partial charge is 0.487 e. The summed E-state index contributed by atoms with van der Waals surface area (Å²) in [5.41, 5.74) is 7.63. The van der Waals surface area contributed by atoms with E-state index in [9.17, 15) is 4.79 Å². The second-order valence-electron chi connectivity index (χ2n) is 6.57. The zero-order chi connectivity index (χ0) is 15.7. The van der Waals surface area contributed by atoms with Crippen LogP contribution in [0.15, 0.2) is 18.2 Å². The van der Waals surface area contributed by atoms with E-state index in [4.69, 9.17) is 10.5 Å². The first-order valence-corrected chi connectivity index (χ1v) is 8.12. The molecule has 22 heavy (non-hydrogen) atoms. The van der Waals surface area contributed by atoms with Crippen molar-refractivity contribution in [2.24, 2.45) is 5.92 Å². The fourth-order valence-electron chi connectivity index (χ4n) is 3.29. The summed E-state index contributed by atoms with van der Waals surface area (Å²) in [5, 5.41) is 0. The lowest BCUT2D eigenvalue weighted by Gasteiger charge is -2.37. The molecule has 0 bridgehead atoms. The van der Waals surface area contributed by atoms with Crippen LogP contribution < -0.4 is 15.4 Å². The van der Waals surface area contributed by atoms with Crippen LogP contribution in [0.5, 0.6) is 5.75 Å². The first-order chi connectivity index (χ1) is 10.5. The third-order valence-electron chi connectivity index (χ3n) is 4.61. The molecule has 0 aromatic heterocycles. The predicted molar refractivity (Wildman–Crippen MR) is 88.1 cm³/mol. The highest BCUT2D eigenvalue weighted by Gasteiger charge is 2.28. The molecule has 2 N–H and O–H groups in total. The molecule has 0 aliphatic carbocycles. The highest BCUT2D eigenvalue weighted by molar-refractivity contribution is 5.85. The maximum Gasteiger partial charge on any atom is 0.242 e. The van der Waals surface area contributed by atoms with Gasteiger partial charge in [0.2, 0.25) is 5.91 Å². The summed E-state index contributed by atoms with van der Waals surface area (Å²) >= 11 is 0. The Kier molecular flexibility index (Phi) is 4.14. The summed E-state index contributed by atoms with van der Waals surface area (Å²) in [7, 11) is 0. The van der Waals surface area contributed by atoms with Crippen molar-refractivity contribution in [3.05, 3.63) is 18.2 Å². The maximum absolute atomic E-state index is 12.6. The number of nitrogen functional groups attached to an aromatic ring is 1. The second kappa shape index (κ2) is 6.07. The van der Waals surface area contributed by atoms with Crippen LogP contribution in [0.2, 0.25) is 0 Å². The molecule has 2 aliphatic rings. The molecule has 5 heteroatoms. The second-order valence-corrected chi connectivity index (χ2v) is 6.57. The van der Waals surface area contributed by atoms with Crippen LogP contribution in [0.1, 0.15) is 26.7 Å². The molecule has 0 radical (unpaired) electrons. The van der Waals surface area contributed by atoms with Gasteiger partial charge in [-0.1, -0.05) is 13.0 Å². The highest BCUT2D eigenvalue weighted by Crippen LogP contribution is 2.38. The first-order valence-electron chi connectivity index (χ1n) is 8.12. The van der Waals surface area contributed by atoms with Crippen LogP contribution >= 0.6 is 0 Å². The molecule has 5 nitrogen and oxygen atoms in total. The quantitative estimate of drug-likeness (QED) is 0.850. The lowest BCUT2D eigenvalue weighted by atomic mass is 9.99. The minimum absolute atomic E-state index is 0.0588. The van der Waals surface area contributed by atoms with Gasteiger partial charge in [-0.05, 0) is 37.8 Å². The Balaban J connectivity index is 1.74. The van der Waals surface area contributed by atoms with E-state index in [-0.39, 0.29) is 12.0 Å². The Hall–Kier alpha value is -1.91. The first kappa shape index (κ1) is 15.0. The van der Waals surface area contributed by atoms with Crippen molar-refractivity contribution in [1.29, 1.82) is 0 Å². The Morgan fingerprint density at radius 3 is 2.77 bits per heavy atom. The van der Waals surface area contributed by atoms with Gasteiger partial charge >= 0.3 is 0 Å². The molecular formula is C17H25N3O2. The molecule has 120 valence electrons. The number of nitrogens with zero attached hydrogens (tertiary/aromatic N) is 2. The van der Waals surface area contributed by atoms with Crippen LogP contribution in [0.25, 0.3) is 0 Å². The highest BCUT2D eigenvalue weighted by atomic mass is 16.5. The number of ether oxygens (including phenoxy) is 1. The topological polar surface area (TPSA) is 58.8 Å². The number of piperidine rings is 1. The molecule has 0 spiro atoms. The summed E-state index contributed by atoms with van der Waals surface area (Å²) in [4.78, 5) is 16.7. The number of para-hydroxylation sites is 1. The average Bonchev–Trinajstić information content (AvgIpc) is 2.47. The molecule has 2 aliphatic heterocycles. The maximum atomic E-state index is 12.6. The van der Waals surface area contributed by atoms with Crippen LogP contribution in [-0.4, -0.2) is 43.1 Å². The van der Waals surface area contributed by atoms with Gasteiger partial charge in [0, 0.05) is 13.1 Å². The summed E-state index contributed by atoms with van der Waals surface area (Å²) in [5.74, 6) is 1.69. The van der Waals surface area contributed by atoms with E-state index in [0.717, 1.165) is 43.3 Å². The molecular weight excluding hydrogens is 278 g/mol. The van der Waals surface area contributed by atoms with Gasteiger partial charge in [-0.2, -0.15) is 0 Å². The van der Waals surface area contributed by atoms with Crippen LogP contribution in [0.3, 0.4) is 0 Å². The number of benzene rings is 1. The SMILES string of the molecule is CC1CCN(C(=O)CN2CC(C)Oc3cccc(N)c32)CC1. The fourth-order valence-corrected chi connectivity index (χ4v) is 3.29. The fraction of sp³-hybridized carbons (Fsp3) is 0.588. The normalized spacial score (nSPS) is 22.2. The van der Waals surface area contributed by atoms with Gasteiger partial charge in [0.15, 0.2) is 0 Å². The van der Waals surface area contributed by atoms with E-state index in [2.05, 4.69) is 11.8 Å². The summed E-state index contributed by atoms with van der Waals surface area (Å²) < 4.78 is 5.84. The van der Waals surface area contributed by atoms with Crippen molar-refractivity contribution in [3.63, 3.8) is 0 Å². The molecule has 1 fully saturated rings. The smallest absolute Gasteiger partial charge is 0.242 e. The van der Waals surface area contributed by atoms with Crippen LogP contribution in [0.4, 0.5) is 11.4 Å². The number of anilines is 2. The van der Waals surface area contributed by atoms with Crippen molar-refractivity contribution >= 4 is 17.3 Å². The van der Waals surface area contributed by atoms with Gasteiger partial charge in [0.25, 0.3) is 0 Å². The lowest BCUT2D eigenvalue weighted by molar-refractivity contribution is -0.131. The molecule has 1 aromatic carbocycles. The number of amides is 1. The van der Waals surface area contributed by atoms with Crippen molar-refractivity contribution in [2.75, 3.05) is 36.8 Å². The van der Waals surface area contributed by atoms with E-state index in [1.807, 2.05) is 30.0 Å². The number of hydrogen-bond acceptors (Lipinski definition) is 4. The zero-order valence-electron chi connectivity index (χ0n) is 13.4. The van der Waals surface area contributed by atoms with Gasteiger partial charge < -0.3 is 20.3 Å².